The summed E-state index contributed by atoms with van der Waals surface area (Å²) in [6.45, 7) is 5.27. The van der Waals surface area contributed by atoms with E-state index < -0.39 is 5.97 Å². The topological polar surface area (TPSA) is 64.6 Å². The van der Waals surface area contributed by atoms with Gasteiger partial charge < -0.3 is 14.8 Å². The first kappa shape index (κ1) is 16.8. The first-order chi connectivity index (χ1) is 9.81. The molecule has 114 valence electrons. The Morgan fingerprint density at radius 2 is 1.90 bits per heavy atom. The molecule has 0 aliphatic rings. The monoisotopic (exact) mass is 291 g/mol. The van der Waals surface area contributed by atoms with Crippen molar-refractivity contribution in [3.63, 3.8) is 0 Å². The van der Waals surface area contributed by atoms with Crippen LogP contribution in [0.2, 0.25) is 0 Å². The van der Waals surface area contributed by atoms with Crippen LogP contribution in [0.25, 0.3) is 6.08 Å². The van der Waals surface area contributed by atoms with Gasteiger partial charge in [0.2, 0.25) is 0 Å². The van der Waals surface area contributed by atoms with Crippen molar-refractivity contribution in [1.82, 2.24) is 5.32 Å². The van der Waals surface area contributed by atoms with Crippen LogP contribution in [0.5, 0.6) is 5.75 Å². The number of rotatable bonds is 5. The minimum absolute atomic E-state index is 0.299. The molecule has 0 unspecified atom stereocenters. The zero-order valence-electron chi connectivity index (χ0n) is 12.8. The zero-order valence-corrected chi connectivity index (χ0v) is 12.8. The Morgan fingerprint density at radius 3 is 2.52 bits per heavy atom. The first-order valence-electron chi connectivity index (χ1n) is 6.61. The van der Waals surface area contributed by atoms with Crippen LogP contribution < -0.4 is 10.1 Å². The molecule has 0 saturated carbocycles. The van der Waals surface area contributed by atoms with Crippen LogP contribution in [0.1, 0.15) is 26.3 Å². The summed E-state index contributed by atoms with van der Waals surface area (Å²) < 4.78 is 10.0. The second-order valence-electron chi connectivity index (χ2n) is 5.48. The van der Waals surface area contributed by atoms with Gasteiger partial charge in [0.1, 0.15) is 5.75 Å². The molecule has 0 aliphatic carbocycles. The molecule has 0 spiro atoms. The normalized spacial score (nSPS) is 11.2. The van der Waals surface area contributed by atoms with Crippen molar-refractivity contribution in [2.45, 2.75) is 26.3 Å². The number of benzene rings is 1. The average Bonchev–Trinajstić information content (AvgIpc) is 2.41. The summed E-state index contributed by atoms with van der Waals surface area (Å²) in [6, 6.07) is 7.28. The van der Waals surface area contributed by atoms with Crippen molar-refractivity contribution in [1.29, 1.82) is 0 Å². The predicted molar refractivity (Wildman–Crippen MR) is 80.9 cm³/mol. The highest BCUT2D eigenvalue weighted by Gasteiger charge is 2.14. The summed E-state index contributed by atoms with van der Waals surface area (Å²) in [5, 5.41) is 2.71. The maximum absolute atomic E-state index is 11.6. The molecule has 5 heteroatoms. The molecule has 0 fully saturated rings. The number of ether oxygens (including phenoxy) is 2. The third-order valence-electron chi connectivity index (χ3n) is 2.40. The molecule has 0 bridgehead atoms. The van der Waals surface area contributed by atoms with Crippen LogP contribution in [-0.4, -0.2) is 31.1 Å². The Morgan fingerprint density at radius 1 is 1.24 bits per heavy atom. The lowest BCUT2D eigenvalue weighted by atomic mass is 10.1. The van der Waals surface area contributed by atoms with Crippen LogP contribution in [-0.2, 0) is 14.3 Å². The molecule has 21 heavy (non-hydrogen) atoms. The van der Waals surface area contributed by atoms with E-state index in [1.54, 1.807) is 19.3 Å². The summed E-state index contributed by atoms with van der Waals surface area (Å²) in [5.41, 5.74) is 0.410. The molecule has 1 amide bonds. The van der Waals surface area contributed by atoms with Gasteiger partial charge in [0.05, 0.1) is 7.11 Å². The lowest BCUT2D eigenvalue weighted by molar-refractivity contribution is -0.144. The van der Waals surface area contributed by atoms with Crippen LogP contribution in [0.15, 0.2) is 30.3 Å². The molecule has 1 aromatic carbocycles. The molecule has 0 radical (unpaired) electrons. The van der Waals surface area contributed by atoms with E-state index in [1.165, 1.54) is 6.08 Å². The van der Waals surface area contributed by atoms with E-state index in [1.807, 2.05) is 39.0 Å². The number of carbonyl (C=O) groups is 2. The van der Waals surface area contributed by atoms with E-state index in [0.717, 1.165) is 5.56 Å². The quantitative estimate of drug-likeness (QED) is 0.667. The minimum atomic E-state index is -0.579. The highest BCUT2D eigenvalue weighted by atomic mass is 16.5. The van der Waals surface area contributed by atoms with Crippen molar-refractivity contribution < 1.29 is 19.1 Å². The second-order valence-corrected chi connectivity index (χ2v) is 5.48. The Kier molecular flexibility index (Phi) is 5.96. The number of hydrogen-bond acceptors (Lipinski definition) is 4. The molecular formula is C16H21NO4. The second kappa shape index (κ2) is 7.47. The van der Waals surface area contributed by atoms with Crippen LogP contribution in [0.4, 0.5) is 0 Å². The van der Waals surface area contributed by atoms with Crippen LogP contribution >= 0.6 is 0 Å². The lowest BCUT2D eigenvalue weighted by Crippen LogP contribution is -2.42. The van der Waals surface area contributed by atoms with Gasteiger partial charge in [-0.3, -0.25) is 4.79 Å². The smallest absolute Gasteiger partial charge is 0.331 e. The maximum Gasteiger partial charge on any atom is 0.331 e. The van der Waals surface area contributed by atoms with E-state index in [0.29, 0.717) is 5.75 Å². The predicted octanol–water partition coefficient (Wildman–Crippen LogP) is 2.17. The highest BCUT2D eigenvalue weighted by Crippen LogP contribution is 2.18. The summed E-state index contributed by atoms with van der Waals surface area (Å²) in [4.78, 5) is 23.1. The van der Waals surface area contributed by atoms with Crippen molar-refractivity contribution in [2.24, 2.45) is 0 Å². The third kappa shape index (κ3) is 6.61. The van der Waals surface area contributed by atoms with Gasteiger partial charge in [-0.2, -0.15) is 0 Å². The molecular weight excluding hydrogens is 270 g/mol. The van der Waals surface area contributed by atoms with Crippen LogP contribution in [0, 0.1) is 0 Å². The molecule has 1 rings (SSSR count). The average molecular weight is 291 g/mol. The Bertz CT molecular complexity index is 529. The van der Waals surface area contributed by atoms with Crippen molar-refractivity contribution in [3.05, 3.63) is 35.9 Å². The molecule has 5 nitrogen and oxygen atoms in total. The minimum Gasteiger partial charge on any atom is -0.496 e. The Labute approximate surface area is 124 Å². The standard InChI is InChI=1S/C16H21NO4/c1-16(2,3)17-14(18)11-21-15(19)10-9-12-7-5-6-8-13(12)20-4/h5-10H,11H2,1-4H3,(H,17,18). The van der Waals surface area contributed by atoms with Crippen LogP contribution in [0.3, 0.4) is 0 Å². The lowest BCUT2D eigenvalue weighted by Gasteiger charge is -2.20. The van der Waals surface area contributed by atoms with E-state index in [-0.39, 0.29) is 18.1 Å². The molecule has 1 N–H and O–H groups in total. The highest BCUT2D eigenvalue weighted by molar-refractivity contribution is 5.89. The first-order valence-corrected chi connectivity index (χ1v) is 6.61. The summed E-state index contributed by atoms with van der Waals surface area (Å²) in [7, 11) is 1.56. The molecule has 0 atom stereocenters. The van der Waals surface area contributed by atoms with Gasteiger partial charge in [-0.15, -0.1) is 0 Å². The number of para-hydroxylation sites is 1. The van der Waals surface area contributed by atoms with Crippen molar-refractivity contribution in [3.8, 4) is 5.75 Å². The largest absolute Gasteiger partial charge is 0.496 e. The molecule has 1 aromatic rings. The van der Waals surface area contributed by atoms with Crippen molar-refractivity contribution >= 4 is 18.0 Å². The number of esters is 1. The number of nitrogens with one attached hydrogen (secondary N) is 1. The molecule has 0 heterocycles. The van der Waals surface area contributed by atoms with E-state index in [9.17, 15) is 9.59 Å². The van der Waals surface area contributed by atoms with Gasteiger partial charge >= 0.3 is 5.97 Å². The fourth-order valence-corrected chi connectivity index (χ4v) is 1.60. The van der Waals surface area contributed by atoms with Gasteiger partial charge in [0, 0.05) is 17.2 Å². The van der Waals surface area contributed by atoms with E-state index in [4.69, 9.17) is 9.47 Å². The van der Waals surface area contributed by atoms with Gasteiger partial charge in [-0.05, 0) is 32.9 Å². The molecule has 0 aromatic heterocycles. The third-order valence-corrected chi connectivity index (χ3v) is 2.40. The number of amides is 1. The van der Waals surface area contributed by atoms with Gasteiger partial charge in [0.15, 0.2) is 6.61 Å². The van der Waals surface area contributed by atoms with E-state index in [2.05, 4.69) is 5.32 Å². The Hall–Kier alpha value is -2.30. The number of hydrogen-bond donors (Lipinski definition) is 1. The molecule has 0 saturated heterocycles. The maximum atomic E-state index is 11.6. The SMILES string of the molecule is COc1ccccc1C=CC(=O)OCC(=O)NC(C)(C)C. The molecule has 0 aliphatic heterocycles. The number of methoxy groups -OCH3 is 1. The van der Waals surface area contributed by atoms with Gasteiger partial charge in [0.25, 0.3) is 5.91 Å². The summed E-state index contributed by atoms with van der Waals surface area (Å²) in [6.07, 6.45) is 2.85. The van der Waals surface area contributed by atoms with Gasteiger partial charge in [-0.25, -0.2) is 4.79 Å². The van der Waals surface area contributed by atoms with Crippen molar-refractivity contribution in [2.75, 3.05) is 13.7 Å². The van der Waals surface area contributed by atoms with E-state index >= 15 is 0 Å². The summed E-state index contributed by atoms with van der Waals surface area (Å²) in [5.74, 6) is -0.251. The fraction of sp³-hybridized carbons (Fsp3) is 0.375. The number of carbonyl (C=O) groups excluding carboxylic acids is 2. The zero-order chi connectivity index (χ0) is 15.9. The fourth-order valence-electron chi connectivity index (χ4n) is 1.60. The summed E-state index contributed by atoms with van der Waals surface area (Å²) >= 11 is 0. The Balaban J connectivity index is 2.50. The van der Waals surface area contributed by atoms with Gasteiger partial charge in [-0.1, -0.05) is 18.2 Å².